The molecule has 98 valence electrons. The summed E-state index contributed by atoms with van der Waals surface area (Å²) in [6.07, 6.45) is 0.425. The Labute approximate surface area is 112 Å². The first-order valence-electron chi connectivity index (χ1n) is 5.33. The van der Waals surface area contributed by atoms with Crippen molar-refractivity contribution < 1.29 is 8.42 Å². The molecule has 4 nitrogen and oxygen atoms in total. The van der Waals surface area contributed by atoms with E-state index in [4.69, 9.17) is 11.6 Å². The van der Waals surface area contributed by atoms with Crippen LogP contribution < -0.4 is 0 Å². The third-order valence-electron chi connectivity index (χ3n) is 2.37. The van der Waals surface area contributed by atoms with Gasteiger partial charge in [-0.25, -0.2) is 13.4 Å². The number of alkyl halides is 1. The number of halogens is 1. The zero-order valence-corrected chi connectivity index (χ0v) is 12.8. The molecule has 0 aliphatic rings. The Morgan fingerprint density at radius 2 is 2.00 bits per heavy atom. The van der Waals surface area contributed by atoms with Crippen LogP contribution in [-0.4, -0.2) is 28.9 Å². The molecule has 0 aliphatic carbocycles. The predicted octanol–water partition coefficient (Wildman–Crippen LogP) is 2.63. The number of sulfone groups is 1. The summed E-state index contributed by atoms with van der Waals surface area (Å²) in [5.74, 6) is 0.893. The highest BCUT2D eigenvalue weighted by atomic mass is 35.5. The standard InChI is InChI=1S/C10H17ClN2O2S2/c1-7(5-6-11)17(14,15)9-12-8(13-16-9)10(2,3)4/h7H,5-6H2,1-4H3. The maximum absolute atomic E-state index is 12.1. The molecule has 0 saturated heterocycles. The molecule has 7 heteroatoms. The number of aromatic nitrogens is 2. The lowest BCUT2D eigenvalue weighted by atomic mass is 9.96. The minimum Gasteiger partial charge on any atom is -0.221 e. The van der Waals surface area contributed by atoms with Gasteiger partial charge in [-0.2, -0.15) is 4.37 Å². The Bertz CT molecular complexity index is 477. The molecular weight excluding hydrogens is 280 g/mol. The van der Waals surface area contributed by atoms with Crippen LogP contribution in [-0.2, 0) is 15.3 Å². The average molecular weight is 297 g/mol. The second kappa shape index (κ2) is 5.20. The topological polar surface area (TPSA) is 59.9 Å². The van der Waals surface area contributed by atoms with Gasteiger partial charge in [0.15, 0.2) is 0 Å². The van der Waals surface area contributed by atoms with Crippen LogP contribution in [0.4, 0.5) is 0 Å². The van der Waals surface area contributed by atoms with Crippen LogP contribution in [0, 0.1) is 0 Å². The lowest BCUT2D eigenvalue weighted by Crippen LogP contribution is -2.19. The molecule has 1 aromatic rings. The monoisotopic (exact) mass is 296 g/mol. The van der Waals surface area contributed by atoms with E-state index in [9.17, 15) is 8.42 Å². The molecule has 0 amide bonds. The minimum absolute atomic E-state index is 0.0973. The van der Waals surface area contributed by atoms with E-state index in [1.165, 1.54) is 0 Å². The molecule has 0 N–H and O–H groups in total. The van der Waals surface area contributed by atoms with E-state index in [2.05, 4.69) is 9.36 Å². The minimum atomic E-state index is -3.38. The van der Waals surface area contributed by atoms with Gasteiger partial charge in [0, 0.05) is 11.3 Å². The Hall–Kier alpha value is -0.200. The van der Waals surface area contributed by atoms with Crippen LogP contribution in [0.15, 0.2) is 4.34 Å². The second-order valence-corrected chi connectivity index (χ2v) is 8.64. The van der Waals surface area contributed by atoms with Gasteiger partial charge in [-0.3, -0.25) is 0 Å². The fourth-order valence-corrected chi connectivity index (χ4v) is 4.18. The van der Waals surface area contributed by atoms with Gasteiger partial charge >= 0.3 is 0 Å². The first-order chi connectivity index (χ1) is 7.69. The summed E-state index contributed by atoms with van der Waals surface area (Å²) in [4.78, 5) is 4.13. The van der Waals surface area contributed by atoms with Gasteiger partial charge in [0.1, 0.15) is 5.82 Å². The summed E-state index contributed by atoms with van der Waals surface area (Å²) < 4.78 is 28.4. The molecule has 0 aliphatic heterocycles. The van der Waals surface area contributed by atoms with Crippen LogP contribution in [0.3, 0.4) is 0 Å². The van der Waals surface area contributed by atoms with Crippen molar-refractivity contribution in [3.05, 3.63) is 5.82 Å². The van der Waals surface area contributed by atoms with Crippen molar-refractivity contribution in [2.24, 2.45) is 0 Å². The lowest BCUT2D eigenvalue weighted by molar-refractivity contribution is 0.547. The van der Waals surface area contributed by atoms with Crippen molar-refractivity contribution in [3.63, 3.8) is 0 Å². The van der Waals surface area contributed by atoms with E-state index in [1.807, 2.05) is 20.8 Å². The smallest absolute Gasteiger partial charge is 0.221 e. The second-order valence-electron chi connectivity index (χ2n) is 4.97. The molecule has 0 radical (unpaired) electrons. The first kappa shape index (κ1) is 14.9. The average Bonchev–Trinajstić information content (AvgIpc) is 2.66. The van der Waals surface area contributed by atoms with Crippen LogP contribution in [0.5, 0.6) is 0 Å². The molecule has 17 heavy (non-hydrogen) atoms. The summed E-state index contributed by atoms with van der Waals surface area (Å²) in [5, 5.41) is -0.513. The van der Waals surface area contributed by atoms with Gasteiger partial charge in [0.05, 0.1) is 5.25 Å². The third-order valence-corrected chi connectivity index (χ3v) is 5.89. The van der Waals surface area contributed by atoms with Crippen LogP contribution in [0.2, 0.25) is 0 Å². The molecule has 1 heterocycles. The van der Waals surface area contributed by atoms with E-state index in [1.54, 1.807) is 6.92 Å². The quantitative estimate of drug-likeness (QED) is 0.801. The molecular formula is C10H17ClN2O2S2. The zero-order chi connectivity index (χ0) is 13.3. The molecule has 0 saturated carbocycles. The predicted molar refractivity (Wildman–Crippen MR) is 70.6 cm³/mol. The van der Waals surface area contributed by atoms with Crippen LogP contribution in [0.1, 0.15) is 39.9 Å². The molecule has 0 bridgehead atoms. The van der Waals surface area contributed by atoms with Crippen molar-refractivity contribution in [2.45, 2.75) is 49.1 Å². The highest BCUT2D eigenvalue weighted by Crippen LogP contribution is 2.25. The summed E-state index contributed by atoms with van der Waals surface area (Å²) in [6.45, 7) is 7.50. The summed E-state index contributed by atoms with van der Waals surface area (Å²) in [5.41, 5.74) is -0.236. The number of hydrogen-bond acceptors (Lipinski definition) is 5. The Balaban J connectivity index is 3.05. The maximum atomic E-state index is 12.1. The molecule has 1 atom stereocenters. The van der Waals surface area contributed by atoms with Gasteiger partial charge in [-0.1, -0.05) is 20.8 Å². The summed E-state index contributed by atoms with van der Waals surface area (Å²) in [6, 6.07) is 0. The van der Waals surface area contributed by atoms with Gasteiger partial charge in [0.25, 0.3) is 0 Å². The van der Waals surface area contributed by atoms with E-state index in [0.29, 0.717) is 18.1 Å². The van der Waals surface area contributed by atoms with E-state index in [0.717, 1.165) is 11.5 Å². The molecule has 1 aromatic heterocycles. The van der Waals surface area contributed by atoms with E-state index < -0.39 is 15.1 Å². The fourth-order valence-electron chi connectivity index (χ4n) is 1.11. The van der Waals surface area contributed by atoms with Crippen molar-refractivity contribution in [2.75, 3.05) is 5.88 Å². The Kier molecular flexibility index (Phi) is 4.54. The fraction of sp³-hybridized carbons (Fsp3) is 0.800. The van der Waals surface area contributed by atoms with Gasteiger partial charge < -0.3 is 0 Å². The normalized spacial score (nSPS) is 14.9. The summed E-state index contributed by atoms with van der Waals surface area (Å²) in [7, 11) is -3.38. The van der Waals surface area contributed by atoms with Crippen molar-refractivity contribution in [1.82, 2.24) is 9.36 Å². The molecule has 0 aromatic carbocycles. The zero-order valence-electron chi connectivity index (χ0n) is 10.4. The van der Waals surface area contributed by atoms with Gasteiger partial charge in [-0.15, -0.1) is 11.6 Å². The van der Waals surface area contributed by atoms with Crippen molar-refractivity contribution in [1.29, 1.82) is 0 Å². The lowest BCUT2D eigenvalue weighted by Gasteiger charge is -2.12. The van der Waals surface area contributed by atoms with Gasteiger partial charge in [0.2, 0.25) is 14.2 Å². The number of nitrogens with zero attached hydrogens (tertiary/aromatic N) is 2. The largest absolute Gasteiger partial charge is 0.229 e. The third kappa shape index (κ3) is 3.39. The molecule has 1 rings (SSSR count). The maximum Gasteiger partial charge on any atom is 0.229 e. The molecule has 0 fully saturated rings. The van der Waals surface area contributed by atoms with Crippen molar-refractivity contribution in [3.8, 4) is 0 Å². The highest BCUT2D eigenvalue weighted by Gasteiger charge is 2.29. The SMILES string of the molecule is CC(CCCl)S(=O)(=O)c1nc(C(C)(C)C)ns1. The highest BCUT2D eigenvalue weighted by molar-refractivity contribution is 7.93. The Morgan fingerprint density at radius 3 is 2.41 bits per heavy atom. The van der Waals surface area contributed by atoms with E-state index in [-0.39, 0.29) is 9.75 Å². The van der Waals surface area contributed by atoms with E-state index >= 15 is 0 Å². The van der Waals surface area contributed by atoms with Gasteiger partial charge in [-0.05, 0) is 24.9 Å². The van der Waals surface area contributed by atoms with Crippen molar-refractivity contribution >= 4 is 33.0 Å². The Morgan fingerprint density at radius 1 is 1.41 bits per heavy atom. The molecule has 0 spiro atoms. The number of hydrogen-bond donors (Lipinski definition) is 0. The summed E-state index contributed by atoms with van der Waals surface area (Å²) >= 11 is 6.52. The molecule has 1 unspecified atom stereocenters. The first-order valence-corrected chi connectivity index (χ1v) is 8.19. The number of rotatable bonds is 4. The van der Waals surface area contributed by atoms with Crippen LogP contribution >= 0.6 is 23.1 Å². The van der Waals surface area contributed by atoms with Crippen LogP contribution in [0.25, 0.3) is 0 Å².